The van der Waals surface area contributed by atoms with Crippen LogP contribution in [0.3, 0.4) is 0 Å². The van der Waals surface area contributed by atoms with E-state index in [1.165, 1.54) is 11.1 Å². The second-order valence-corrected chi connectivity index (χ2v) is 6.51. The minimum absolute atomic E-state index is 0.473. The first kappa shape index (κ1) is 17.1. The van der Waals surface area contributed by atoms with Gasteiger partial charge in [0, 0.05) is 20.8 Å². The van der Waals surface area contributed by atoms with Crippen molar-refractivity contribution in [2.24, 2.45) is 0 Å². The average Bonchev–Trinajstić information content (AvgIpc) is 2.52. The molecule has 0 unspecified atom stereocenters. The third kappa shape index (κ3) is 4.87. The molecule has 0 saturated heterocycles. The van der Waals surface area contributed by atoms with Crippen LogP contribution in [0.4, 0.5) is 0 Å². The van der Waals surface area contributed by atoms with Crippen LogP contribution in [0.15, 0.2) is 30.8 Å². The Balaban J connectivity index is 2.33. The molecule has 0 aromatic heterocycles. The number of hydrogen-bond donors (Lipinski definition) is 0. The van der Waals surface area contributed by atoms with E-state index in [-0.39, 0.29) is 0 Å². The fraction of sp³-hybridized carbons (Fsp3) is 0.500. The Labute approximate surface area is 124 Å². The molecule has 0 radical (unpaired) electrons. The van der Waals surface area contributed by atoms with Crippen LogP contribution in [0, 0.1) is 0 Å². The predicted octanol–water partition coefficient (Wildman–Crippen LogP) is 2.72. The molecular formula is C16H26O3Si. The molecule has 1 aromatic rings. The molecule has 0 amide bonds. The van der Waals surface area contributed by atoms with Crippen LogP contribution in [0.1, 0.15) is 30.9 Å². The molecule has 0 bridgehead atoms. The molecule has 0 heterocycles. The highest BCUT2D eigenvalue weighted by molar-refractivity contribution is 6.31. The molecule has 0 aliphatic carbocycles. The normalized spacial score (nSPS) is 12.2. The lowest BCUT2D eigenvalue weighted by atomic mass is 10.0. The van der Waals surface area contributed by atoms with E-state index in [9.17, 15) is 0 Å². The van der Waals surface area contributed by atoms with Gasteiger partial charge in [-0.15, -0.1) is 0 Å². The standard InChI is InChI=1S/C16H26O3Si/c1-5-14-10-7-8-11-15(14)12-9-13-19-20-16(6-2,17-3)18-4/h5,7-8,10-11H,1,6,9,12-13,20H2,2-4H3. The molecule has 3 nitrogen and oxygen atoms in total. The topological polar surface area (TPSA) is 27.7 Å². The molecule has 0 aliphatic heterocycles. The van der Waals surface area contributed by atoms with Gasteiger partial charge in [0.05, 0.1) is 0 Å². The van der Waals surface area contributed by atoms with E-state index in [2.05, 4.69) is 31.7 Å². The number of rotatable bonds is 10. The molecule has 1 aromatic carbocycles. The Morgan fingerprint density at radius 3 is 2.55 bits per heavy atom. The summed E-state index contributed by atoms with van der Waals surface area (Å²) in [4.78, 5) is 0. The van der Waals surface area contributed by atoms with Crippen molar-refractivity contribution in [3.8, 4) is 0 Å². The summed E-state index contributed by atoms with van der Waals surface area (Å²) in [7, 11) is 2.51. The predicted molar refractivity (Wildman–Crippen MR) is 86.4 cm³/mol. The highest BCUT2D eigenvalue weighted by Crippen LogP contribution is 2.15. The molecule has 0 aliphatic rings. The quantitative estimate of drug-likeness (QED) is 0.377. The zero-order chi connectivity index (χ0) is 14.8. The molecule has 0 fully saturated rings. The summed E-state index contributed by atoms with van der Waals surface area (Å²) in [5.74, 6) is 0. The van der Waals surface area contributed by atoms with Crippen molar-refractivity contribution >= 4 is 15.8 Å². The summed E-state index contributed by atoms with van der Waals surface area (Å²) in [6, 6.07) is 8.34. The fourth-order valence-electron chi connectivity index (χ4n) is 2.15. The maximum Gasteiger partial charge on any atom is 0.227 e. The summed E-state index contributed by atoms with van der Waals surface area (Å²) in [6.45, 7) is 6.66. The molecule has 0 saturated carbocycles. The lowest BCUT2D eigenvalue weighted by Crippen LogP contribution is -2.41. The first-order valence-corrected chi connectivity index (χ1v) is 8.38. The van der Waals surface area contributed by atoms with Gasteiger partial charge in [0.1, 0.15) is 0 Å². The second kappa shape index (κ2) is 9.08. The van der Waals surface area contributed by atoms with Crippen molar-refractivity contribution < 1.29 is 13.9 Å². The second-order valence-electron chi connectivity index (χ2n) is 4.73. The molecule has 0 spiro atoms. The molecule has 112 valence electrons. The van der Waals surface area contributed by atoms with Crippen molar-refractivity contribution in [2.75, 3.05) is 20.8 Å². The highest BCUT2D eigenvalue weighted by atomic mass is 28.2. The van der Waals surface area contributed by atoms with Gasteiger partial charge in [0.15, 0.2) is 5.41 Å². The van der Waals surface area contributed by atoms with Crippen LogP contribution in [0.25, 0.3) is 6.08 Å². The Morgan fingerprint density at radius 1 is 1.25 bits per heavy atom. The van der Waals surface area contributed by atoms with E-state index in [0.717, 1.165) is 25.9 Å². The summed E-state index contributed by atoms with van der Waals surface area (Å²) < 4.78 is 16.7. The number of ether oxygens (including phenoxy) is 2. The third-order valence-corrected chi connectivity index (χ3v) is 5.62. The number of aryl methyl sites for hydroxylation is 1. The minimum Gasteiger partial charge on any atom is -0.418 e. The molecule has 0 atom stereocenters. The first-order valence-electron chi connectivity index (χ1n) is 7.09. The van der Waals surface area contributed by atoms with E-state index in [0.29, 0.717) is 0 Å². The SMILES string of the molecule is C=Cc1ccccc1CCCO[SiH2]C(CC)(OC)OC. The van der Waals surface area contributed by atoms with E-state index in [1.807, 2.05) is 12.1 Å². The van der Waals surface area contributed by atoms with Crippen LogP contribution in [0.2, 0.25) is 0 Å². The molecule has 0 N–H and O–H groups in total. The van der Waals surface area contributed by atoms with Crippen LogP contribution in [-0.2, 0) is 20.3 Å². The summed E-state index contributed by atoms with van der Waals surface area (Å²) in [6.07, 6.45) is 4.75. The Kier molecular flexibility index (Phi) is 7.77. The van der Waals surface area contributed by atoms with Gasteiger partial charge in [-0.25, -0.2) is 0 Å². The zero-order valence-electron chi connectivity index (χ0n) is 12.9. The molecular weight excluding hydrogens is 268 g/mol. The van der Waals surface area contributed by atoms with Gasteiger partial charge >= 0.3 is 0 Å². The number of hydrogen-bond acceptors (Lipinski definition) is 3. The van der Waals surface area contributed by atoms with Crippen molar-refractivity contribution in [3.05, 3.63) is 42.0 Å². The van der Waals surface area contributed by atoms with Gasteiger partial charge in [0.25, 0.3) is 0 Å². The Hall–Kier alpha value is -0.943. The van der Waals surface area contributed by atoms with Gasteiger partial charge in [0.2, 0.25) is 9.76 Å². The van der Waals surface area contributed by atoms with Crippen LogP contribution in [0.5, 0.6) is 0 Å². The number of benzene rings is 1. The lowest BCUT2D eigenvalue weighted by molar-refractivity contribution is -0.153. The minimum atomic E-state index is -0.861. The zero-order valence-corrected chi connectivity index (χ0v) is 14.3. The van der Waals surface area contributed by atoms with E-state index in [1.54, 1.807) is 14.2 Å². The van der Waals surface area contributed by atoms with Gasteiger partial charge in [-0.2, -0.15) is 0 Å². The molecule has 20 heavy (non-hydrogen) atoms. The van der Waals surface area contributed by atoms with E-state index >= 15 is 0 Å². The van der Waals surface area contributed by atoms with Gasteiger partial charge in [-0.1, -0.05) is 43.8 Å². The average molecular weight is 294 g/mol. The smallest absolute Gasteiger partial charge is 0.227 e. The van der Waals surface area contributed by atoms with Crippen LogP contribution in [-0.4, -0.2) is 36.0 Å². The van der Waals surface area contributed by atoms with E-state index < -0.39 is 15.2 Å². The molecule has 4 heteroatoms. The van der Waals surface area contributed by atoms with Crippen LogP contribution < -0.4 is 0 Å². The summed E-state index contributed by atoms with van der Waals surface area (Å²) >= 11 is 0. The third-order valence-electron chi connectivity index (χ3n) is 3.61. The lowest BCUT2D eigenvalue weighted by Gasteiger charge is -2.28. The maximum absolute atomic E-state index is 5.83. The monoisotopic (exact) mass is 294 g/mol. The number of methoxy groups -OCH3 is 2. The summed E-state index contributed by atoms with van der Waals surface area (Å²) in [5.41, 5.74) is 2.06. The Bertz CT molecular complexity index is 394. The van der Waals surface area contributed by atoms with Crippen molar-refractivity contribution in [1.82, 2.24) is 0 Å². The largest absolute Gasteiger partial charge is 0.418 e. The first-order chi connectivity index (χ1) is 9.71. The van der Waals surface area contributed by atoms with Gasteiger partial charge in [-0.3, -0.25) is 0 Å². The van der Waals surface area contributed by atoms with Crippen molar-refractivity contribution in [3.63, 3.8) is 0 Å². The van der Waals surface area contributed by atoms with Crippen molar-refractivity contribution in [2.45, 2.75) is 31.6 Å². The molecule has 1 rings (SSSR count). The summed E-state index contributed by atoms with van der Waals surface area (Å²) in [5, 5.41) is 0. The Morgan fingerprint density at radius 2 is 1.95 bits per heavy atom. The maximum atomic E-state index is 5.83. The fourth-order valence-corrected chi connectivity index (χ4v) is 3.24. The van der Waals surface area contributed by atoms with Gasteiger partial charge < -0.3 is 13.9 Å². The van der Waals surface area contributed by atoms with E-state index in [4.69, 9.17) is 13.9 Å². The van der Waals surface area contributed by atoms with Gasteiger partial charge in [-0.05, 0) is 30.4 Å². The van der Waals surface area contributed by atoms with Crippen molar-refractivity contribution in [1.29, 1.82) is 0 Å². The highest BCUT2D eigenvalue weighted by Gasteiger charge is 2.28. The van der Waals surface area contributed by atoms with Crippen LogP contribution >= 0.6 is 0 Å².